The Kier molecular flexibility index (Phi) is 1.12. The molecule has 0 saturated heterocycles. The molecule has 0 bridgehead atoms. The van der Waals surface area contributed by atoms with Crippen LogP contribution in [-0.2, 0) is 0 Å². The minimum Gasteiger partial charge on any atom is -0.0669 e. The van der Waals surface area contributed by atoms with Crippen molar-refractivity contribution in [1.82, 2.24) is 0 Å². The molecule has 0 heterocycles. The third-order valence-corrected chi connectivity index (χ3v) is 2.27. The molecule has 1 aliphatic rings. The van der Waals surface area contributed by atoms with Crippen LogP contribution in [0.3, 0.4) is 0 Å². The highest BCUT2D eigenvalue weighted by atomic mass is 127. The summed E-state index contributed by atoms with van der Waals surface area (Å²) in [4.78, 5) is 0. The molecule has 29 valence electrons. The van der Waals surface area contributed by atoms with Gasteiger partial charge in [0.25, 0.3) is 0 Å². The summed E-state index contributed by atoms with van der Waals surface area (Å²) in [6, 6.07) is 0. The minimum absolute atomic E-state index is 0.565. The summed E-state index contributed by atoms with van der Waals surface area (Å²) in [7, 11) is 0. The van der Waals surface area contributed by atoms with Gasteiger partial charge in [-0.1, -0.05) is 45.2 Å². The average molecular weight is 293 g/mol. The number of alkyl halides is 2. The first-order chi connectivity index (χ1) is 2.21. The first kappa shape index (κ1) is 4.61. The number of rotatable bonds is 0. The van der Waals surface area contributed by atoms with E-state index in [0.717, 1.165) is 0 Å². The second-order valence-corrected chi connectivity index (χ2v) is 7.08. The lowest BCUT2D eigenvalue weighted by atomic mass is 11.0. The van der Waals surface area contributed by atoms with E-state index in [1.165, 1.54) is 6.42 Å². The molecule has 0 atom stereocenters. The fourth-order valence-corrected chi connectivity index (χ4v) is 0.518. The first-order valence-electron chi connectivity index (χ1n) is 1.43. The van der Waals surface area contributed by atoms with Gasteiger partial charge in [0, 0.05) is 0 Å². The molecular formula is C3H3I2. The molecule has 5 heavy (non-hydrogen) atoms. The number of hydrogen-bond acceptors (Lipinski definition) is 0. The molecule has 1 aliphatic carbocycles. The molecule has 1 radical (unpaired) electrons. The lowest BCUT2D eigenvalue weighted by molar-refractivity contribution is 1.54. The van der Waals surface area contributed by atoms with Gasteiger partial charge in [-0.25, -0.2) is 0 Å². The predicted molar refractivity (Wildman–Crippen MR) is 39.7 cm³/mol. The Labute approximate surface area is 59.0 Å². The van der Waals surface area contributed by atoms with Crippen LogP contribution in [0.1, 0.15) is 6.42 Å². The van der Waals surface area contributed by atoms with Crippen LogP contribution in [0.15, 0.2) is 0 Å². The van der Waals surface area contributed by atoms with Gasteiger partial charge in [0.1, 0.15) is 0 Å². The highest BCUT2D eigenvalue weighted by Crippen LogP contribution is 2.49. The molecule has 0 aromatic heterocycles. The summed E-state index contributed by atoms with van der Waals surface area (Å²) >= 11 is 4.84. The zero-order chi connectivity index (χ0) is 3.91. The molecule has 2 heteroatoms. The molecule has 0 aromatic carbocycles. The van der Waals surface area contributed by atoms with Gasteiger partial charge in [-0.15, -0.1) is 0 Å². The SMILES string of the molecule is IC1(I)[CH]C1. The molecule has 0 N–H and O–H groups in total. The summed E-state index contributed by atoms with van der Waals surface area (Å²) in [6.07, 6.45) is 3.59. The van der Waals surface area contributed by atoms with Crippen molar-refractivity contribution in [1.29, 1.82) is 0 Å². The van der Waals surface area contributed by atoms with Crippen LogP contribution >= 0.6 is 45.2 Å². The highest BCUT2D eigenvalue weighted by molar-refractivity contribution is 14.2. The van der Waals surface area contributed by atoms with Gasteiger partial charge in [0.2, 0.25) is 0 Å². The summed E-state index contributed by atoms with van der Waals surface area (Å²) in [6.45, 7) is 0. The van der Waals surface area contributed by atoms with E-state index in [1.807, 2.05) is 0 Å². The Morgan fingerprint density at radius 2 is 1.80 bits per heavy atom. The summed E-state index contributed by atoms with van der Waals surface area (Å²) < 4.78 is 0.565. The normalized spacial score (nSPS) is 30.0. The molecular weight excluding hydrogens is 290 g/mol. The molecule has 1 saturated carbocycles. The molecule has 0 unspecified atom stereocenters. The molecule has 0 nitrogen and oxygen atoms in total. The summed E-state index contributed by atoms with van der Waals surface area (Å²) in [5.74, 6) is 0. The molecule has 1 fully saturated rings. The highest BCUT2D eigenvalue weighted by Gasteiger charge is 2.36. The van der Waals surface area contributed by atoms with Gasteiger partial charge >= 0.3 is 0 Å². The number of hydrogen-bond donors (Lipinski definition) is 0. The number of halogens is 2. The fourth-order valence-electron chi connectivity index (χ4n) is 0.0772. The van der Waals surface area contributed by atoms with Crippen LogP contribution < -0.4 is 0 Å². The maximum absolute atomic E-state index is 2.42. The molecule has 0 aromatic rings. The Bertz CT molecular complexity index is 42.9. The van der Waals surface area contributed by atoms with E-state index in [4.69, 9.17) is 0 Å². The van der Waals surface area contributed by atoms with Crippen LogP contribution in [0.2, 0.25) is 0 Å². The van der Waals surface area contributed by atoms with Gasteiger partial charge in [0.05, 0.1) is 1.43 Å². The van der Waals surface area contributed by atoms with Crippen molar-refractivity contribution in [3.63, 3.8) is 0 Å². The maximum atomic E-state index is 2.42. The second-order valence-electron chi connectivity index (χ2n) is 1.17. The van der Waals surface area contributed by atoms with E-state index in [2.05, 4.69) is 51.6 Å². The van der Waals surface area contributed by atoms with Crippen LogP contribution in [0, 0.1) is 6.42 Å². The zero-order valence-corrected chi connectivity index (χ0v) is 6.86. The van der Waals surface area contributed by atoms with E-state index >= 15 is 0 Å². The Morgan fingerprint density at radius 1 is 1.60 bits per heavy atom. The largest absolute Gasteiger partial charge is 0.0770 e. The topological polar surface area (TPSA) is 0 Å². The third-order valence-electron chi connectivity index (χ3n) is 0.513. The second kappa shape index (κ2) is 1.21. The van der Waals surface area contributed by atoms with Gasteiger partial charge in [0.15, 0.2) is 0 Å². The van der Waals surface area contributed by atoms with Crippen molar-refractivity contribution in [2.75, 3.05) is 0 Å². The van der Waals surface area contributed by atoms with Crippen molar-refractivity contribution >= 4 is 45.2 Å². The maximum Gasteiger partial charge on any atom is 0.0770 e. The zero-order valence-electron chi connectivity index (χ0n) is 2.54. The van der Waals surface area contributed by atoms with E-state index in [0.29, 0.717) is 1.43 Å². The lowest BCUT2D eigenvalue weighted by Crippen LogP contribution is -1.69. The van der Waals surface area contributed by atoms with E-state index in [9.17, 15) is 0 Å². The van der Waals surface area contributed by atoms with Crippen molar-refractivity contribution in [3.05, 3.63) is 6.42 Å². The van der Waals surface area contributed by atoms with E-state index in [-0.39, 0.29) is 0 Å². The van der Waals surface area contributed by atoms with Gasteiger partial charge in [-0.05, 0) is 12.8 Å². The van der Waals surface area contributed by atoms with E-state index < -0.39 is 0 Å². The lowest BCUT2D eigenvalue weighted by Gasteiger charge is -1.80. The van der Waals surface area contributed by atoms with Crippen LogP contribution in [-0.4, -0.2) is 1.43 Å². The third kappa shape index (κ3) is 1.57. The molecule has 0 spiro atoms. The van der Waals surface area contributed by atoms with Crippen LogP contribution in [0.4, 0.5) is 0 Å². The average Bonchev–Trinajstić information content (AvgIpc) is 1.76. The smallest absolute Gasteiger partial charge is 0.0669 e. The predicted octanol–water partition coefficient (Wildman–Crippen LogP) is 2.16. The first-order valence-corrected chi connectivity index (χ1v) is 3.59. The standard InChI is InChI=1S/C3H3I2/c4-3(5)1-2-3/h1H,2H2. The van der Waals surface area contributed by atoms with Gasteiger partial charge in [-0.2, -0.15) is 0 Å². The van der Waals surface area contributed by atoms with Gasteiger partial charge < -0.3 is 0 Å². The summed E-state index contributed by atoms with van der Waals surface area (Å²) in [5.41, 5.74) is 0. The monoisotopic (exact) mass is 293 g/mol. The molecule has 0 amide bonds. The van der Waals surface area contributed by atoms with Crippen LogP contribution in [0.5, 0.6) is 0 Å². The van der Waals surface area contributed by atoms with Crippen molar-refractivity contribution in [3.8, 4) is 0 Å². The van der Waals surface area contributed by atoms with E-state index in [1.54, 1.807) is 0 Å². The van der Waals surface area contributed by atoms with Crippen molar-refractivity contribution < 1.29 is 0 Å². The quantitative estimate of drug-likeness (QED) is 0.474. The fraction of sp³-hybridized carbons (Fsp3) is 0.667. The molecule has 0 aliphatic heterocycles. The molecule has 1 rings (SSSR count). The Hall–Kier alpha value is 1.46. The Balaban J connectivity index is 2.38. The van der Waals surface area contributed by atoms with Crippen molar-refractivity contribution in [2.45, 2.75) is 7.85 Å². The van der Waals surface area contributed by atoms with Gasteiger partial charge in [-0.3, -0.25) is 0 Å². The van der Waals surface area contributed by atoms with Crippen molar-refractivity contribution in [2.24, 2.45) is 0 Å². The van der Waals surface area contributed by atoms with Crippen LogP contribution in [0.25, 0.3) is 0 Å². The Morgan fingerprint density at radius 3 is 1.80 bits per heavy atom. The summed E-state index contributed by atoms with van der Waals surface area (Å²) in [5, 5.41) is 0. The minimum atomic E-state index is 0.565.